The van der Waals surface area contributed by atoms with Gasteiger partial charge in [-0.05, 0) is 60.7 Å². The molecule has 0 bridgehead atoms. The van der Waals surface area contributed by atoms with E-state index >= 15 is 0 Å². The van der Waals surface area contributed by atoms with E-state index in [1.807, 2.05) is 23.9 Å². The van der Waals surface area contributed by atoms with E-state index in [1.165, 1.54) is 3.57 Å². The van der Waals surface area contributed by atoms with Crippen LogP contribution in [0.5, 0.6) is 0 Å². The lowest BCUT2D eigenvalue weighted by atomic mass is 10.2. The molecule has 2 unspecified atom stereocenters. The summed E-state index contributed by atoms with van der Waals surface area (Å²) in [7, 11) is 0. The van der Waals surface area contributed by atoms with Crippen molar-refractivity contribution in [1.29, 1.82) is 0 Å². The molecule has 2 heterocycles. The Balaban J connectivity index is 2.08. The van der Waals surface area contributed by atoms with Crippen LogP contribution in [-0.4, -0.2) is 19.3 Å². The fourth-order valence-corrected chi connectivity index (χ4v) is 3.22. The summed E-state index contributed by atoms with van der Waals surface area (Å²) in [6.45, 7) is 4.93. The number of hydrogen-bond acceptors (Lipinski definition) is 2. The minimum absolute atomic E-state index is 0.130. The molecule has 0 spiro atoms. The van der Waals surface area contributed by atoms with E-state index in [0.717, 1.165) is 23.4 Å². The molecule has 3 aromatic rings. The lowest BCUT2D eigenvalue weighted by Crippen LogP contribution is -2.16. The van der Waals surface area contributed by atoms with E-state index in [2.05, 4.69) is 57.4 Å². The van der Waals surface area contributed by atoms with Crippen LogP contribution < -0.4 is 0 Å². The van der Waals surface area contributed by atoms with Crippen LogP contribution in [-0.2, 0) is 6.54 Å². The summed E-state index contributed by atoms with van der Waals surface area (Å²) >= 11 is 8.64. The van der Waals surface area contributed by atoms with E-state index in [9.17, 15) is 0 Å². The minimum atomic E-state index is -0.130. The number of benzene rings is 1. The summed E-state index contributed by atoms with van der Waals surface area (Å²) < 4.78 is 5.34. The zero-order chi connectivity index (χ0) is 15.0. The molecule has 0 aliphatic rings. The molecule has 2 aromatic heterocycles. The van der Waals surface area contributed by atoms with Crippen molar-refractivity contribution in [3.8, 4) is 0 Å². The normalized spacial score (nSPS) is 14.5. The number of fused-ring (bicyclic) bond motifs is 1. The van der Waals surface area contributed by atoms with Gasteiger partial charge in [0, 0.05) is 16.0 Å². The molecule has 0 saturated heterocycles. The fraction of sp³-hybridized carbons (Fsp3) is 0.333. The first-order chi connectivity index (χ1) is 10.1. The van der Waals surface area contributed by atoms with Crippen molar-refractivity contribution >= 4 is 45.2 Å². The van der Waals surface area contributed by atoms with Crippen LogP contribution in [0.1, 0.15) is 31.1 Å². The van der Waals surface area contributed by atoms with Crippen molar-refractivity contribution in [2.24, 2.45) is 0 Å². The first kappa shape index (κ1) is 14.8. The highest BCUT2D eigenvalue weighted by Gasteiger charge is 2.19. The molecule has 0 aliphatic heterocycles. The van der Waals surface area contributed by atoms with Gasteiger partial charge in [-0.2, -0.15) is 5.10 Å². The summed E-state index contributed by atoms with van der Waals surface area (Å²) in [6.07, 6.45) is 3.77. The van der Waals surface area contributed by atoms with Crippen LogP contribution in [0, 0.1) is 3.57 Å². The Morgan fingerprint density at radius 1 is 1.33 bits per heavy atom. The lowest BCUT2D eigenvalue weighted by molar-refractivity contribution is 0.434. The topological polar surface area (TPSA) is 35.6 Å². The molecule has 0 saturated carbocycles. The number of nitrogens with zero attached hydrogens (tertiary/aromatic N) is 4. The van der Waals surface area contributed by atoms with Gasteiger partial charge in [0.1, 0.15) is 5.82 Å². The zero-order valence-corrected chi connectivity index (χ0v) is 14.8. The van der Waals surface area contributed by atoms with E-state index in [0.29, 0.717) is 0 Å². The quantitative estimate of drug-likeness (QED) is 0.469. The summed E-state index contributed by atoms with van der Waals surface area (Å²) in [6, 6.07) is 8.48. The number of hydrogen-bond donors (Lipinski definition) is 0. The van der Waals surface area contributed by atoms with Gasteiger partial charge in [-0.1, -0.05) is 0 Å². The van der Waals surface area contributed by atoms with Gasteiger partial charge in [0.2, 0.25) is 0 Å². The summed E-state index contributed by atoms with van der Waals surface area (Å²) in [5.41, 5.74) is 2.12. The third-order valence-electron chi connectivity index (χ3n) is 3.49. The molecule has 4 nitrogen and oxygen atoms in total. The first-order valence-corrected chi connectivity index (χ1v) is 8.36. The standard InChI is InChI=1S/C15H16ClIN4/c1-10(9-20-7-3-6-18-20)21-14-5-4-12(17)8-13(14)19-15(21)11(2)16/h3-8,10-11H,9H2,1-2H3. The second-order valence-corrected chi connectivity index (χ2v) is 7.07. The Hall–Kier alpha value is -1.08. The maximum Gasteiger partial charge on any atom is 0.128 e. The maximum atomic E-state index is 6.34. The summed E-state index contributed by atoms with van der Waals surface area (Å²) in [4.78, 5) is 4.72. The average molecular weight is 415 g/mol. The fourth-order valence-electron chi connectivity index (χ4n) is 2.60. The van der Waals surface area contributed by atoms with Crippen LogP contribution in [0.2, 0.25) is 0 Å². The molecule has 0 fully saturated rings. The average Bonchev–Trinajstić information content (AvgIpc) is 3.04. The molecule has 6 heteroatoms. The predicted octanol–water partition coefficient (Wildman–Crippen LogP) is 4.40. The minimum Gasteiger partial charge on any atom is -0.322 e. The van der Waals surface area contributed by atoms with Gasteiger partial charge in [-0.15, -0.1) is 11.6 Å². The van der Waals surface area contributed by atoms with Gasteiger partial charge < -0.3 is 4.57 Å². The molecule has 0 amide bonds. The second-order valence-electron chi connectivity index (χ2n) is 5.17. The monoisotopic (exact) mass is 414 g/mol. The molecular weight excluding hydrogens is 399 g/mol. The van der Waals surface area contributed by atoms with Crippen molar-refractivity contribution in [2.75, 3.05) is 0 Å². The number of imidazole rings is 1. The van der Waals surface area contributed by atoms with Crippen molar-refractivity contribution < 1.29 is 0 Å². The molecule has 110 valence electrons. The molecule has 0 N–H and O–H groups in total. The van der Waals surface area contributed by atoms with Crippen molar-refractivity contribution in [3.05, 3.63) is 46.1 Å². The largest absolute Gasteiger partial charge is 0.322 e. The maximum absolute atomic E-state index is 6.34. The number of halogens is 2. The molecular formula is C15H16ClIN4. The Morgan fingerprint density at radius 3 is 2.81 bits per heavy atom. The Bertz CT molecular complexity index is 748. The number of alkyl halides is 1. The summed E-state index contributed by atoms with van der Waals surface area (Å²) in [5, 5.41) is 4.15. The highest BCUT2D eigenvalue weighted by atomic mass is 127. The number of aromatic nitrogens is 4. The lowest BCUT2D eigenvalue weighted by Gasteiger charge is -2.18. The van der Waals surface area contributed by atoms with E-state index in [-0.39, 0.29) is 11.4 Å². The van der Waals surface area contributed by atoms with Gasteiger partial charge in [0.05, 0.1) is 29.0 Å². The highest BCUT2D eigenvalue weighted by molar-refractivity contribution is 14.1. The van der Waals surface area contributed by atoms with Gasteiger partial charge in [-0.3, -0.25) is 4.68 Å². The predicted molar refractivity (Wildman–Crippen MR) is 93.7 cm³/mol. The van der Waals surface area contributed by atoms with Crippen LogP contribution in [0.3, 0.4) is 0 Å². The smallest absolute Gasteiger partial charge is 0.128 e. The molecule has 0 radical (unpaired) electrons. The van der Waals surface area contributed by atoms with Crippen molar-refractivity contribution in [1.82, 2.24) is 19.3 Å². The Morgan fingerprint density at radius 2 is 2.14 bits per heavy atom. The van der Waals surface area contributed by atoms with Crippen molar-refractivity contribution in [2.45, 2.75) is 31.8 Å². The summed E-state index contributed by atoms with van der Waals surface area (Å²) in [5.74, 6) is 0.910. The van der Waals surface area contributed by atoms with Crippen LogP contribution in [0.25, 0.3) is 11.0 Å². The third kappa shape index (κ3) is 2.94. The third-order valence-corrected chi connectivity index (χ3v) is 4.35. The van der Waals surface area contributed by atoms with E-state index in [1.54, 1.807) is 6.20 Å². The first-order valence-electron chi connectivity index (χ1n) is 6.85. The van der Waals surface area contributed by atoms with E-state index in [4.69, 9.17) is 16.6 Å². The van der Waals surface area contributed by atoms with Gasteiger partial charge in [-0.25, -0.2) is 4.98 Å². The van der Waals surface area contributed by atoms with Gasteiger partial charge in [0.15, 0.2) is 0 Å². The molecule has 21 heavy (non-hydrogen) atoms. The molecule has 2 atom stereocenters. The van der Waals surface area contributed by atoms with Gasteiger partial charge >= 0.3 is 0 Å². The SMILES string of the molecule is CC(Cl)c1nc2cc(I)ccc2n1C(C)Cn1cccn1. The van der Waals surface area contributed by atoms with Crippen molar-refractivity contribution in [3.63, 3.8) is 0 Å². The highest BCUT2D eigenvalue weighted by Crippen LogP contribution is 2.29. The van der Waals surface area contributed by atoms with Crippen LogP contribution in [0.15, 0.2) is 36.7 Å². The molecule has 3 rings (SSSR count). The zero-order valence-electron chi connectivity index (χ0n) is 11.9. The van der Waals surface area contributed by atoms with Gasteiger partial charge in [0.25, 0.3) is 0 Å². The second kappa shape index (κ2) is 5.96. The molecule has 1 aromatic carbocycles. The molecule has 0 aliphatic carbocycles. The van der Waals surface area contributed by atoms with E-state index < -0.39 is 0 Å². The Kier molecular flexibility index (Phi) is 4.21. The number of rotatable bonds is 4. The van der Waals surface area contributed by atoms with Crippen LogP contribution in [0.4, 0.5) is 0 Å². The van der Waals surface area contributed by atoms with Crippen LogP contribution >= 0.6 is 34.2 Å². The Labute approximate surface area is 142 Å².